The van der Waals surface area contributed by atoms with Crippen LogP contribution in [0, 0.1) is 0 Å². The molecule has 0 saturated heterocycles. The summed E-state index contributed by atoms with van der Waals surface area (Å²) in [6.07, 6.45) is 1.78. The molecule has 0 aliphatic carbocycles. The zero-order valence-corrected chi connectivity index (χ0v) is 11.3. The first-order valence-corrected chi connectivity index (χ1v) is 6.37. The first kappa shape index (κ1) is 13.1. The van der Waals surface area contributed by atoms with Gasteiger partial charge in [0, 0.05) is 18.9 Å². The molecule has 0 fully saturated rings. The van der Waals surface area contributed by atoms with Gasteiger partial charge in [0.15, 0.2) is 0 Å². The van der Waals surface area contributed by atoms with Crippen LogP contribution in [0.5, 0.6) is 0 Å². The number of amides is 2. The molecule has 2 amide bonds. The first-order chi connectivity index (χ1) is 10.1. The van der Waals surface area contributed by atoms with Crippen LogP contribution in [0.25, 0.3) is 0 Å². The van der Waals surface area contributed by atoms with Crippen LogP contribution in [0.15, 0.2) is 42.6 Å². The molecule has 106 valence electrons. The van der Waals surface area contributed by atoms with Crippen molar-refractivity contribution in [3.8, 4) is 0 Å². The lowest BCUT2D eigenvalue weighted by Gasteiger charge is -2.12. The molecular weight excluding hydrogens is 272 g/mol. The molecule has 1 aromatic carbocycles. The van der Waals surface area contributed by atoms with Gasteiger partial charge >= 0.3 is 5.97 Å². The highest BCUT2D eigenvalue weighted by molar-refractivity contribution is 6.20. The SMILES string of the molecule is Cn1cccc1CC(=O)ON1C(=O)c2ccccc2C1=O. The van der Waals surface area contributed by atoms with Crippen molar-refractivity contribution in [2.75, 3.05) is 0 Å². The molecule has 0 spiro atoms. The lowest BCUT2D eigenvalue weighted by atomic mass is 10.1. The summed E-state index contributed by atoms with van der Waals surface area (Å²) in [6.45, 7) is 0. The van der Waals surface area contributed by atoms with Crippen LogP contribution in [-0.2, 0) is 23.1 Å². The van der Waals surface area contributed by atoms with E-state index in [-0.39, 0.29) is 17.5 Å². The van der Waals surface area contributed by atoms with Crippen molar-refractivity contribution in [2.45, 2.75) is 6.42 Å². The van der Waals surface area contributed by atoms with E-state index in [2.05, 4.69) is 0 Å². The highest BCUT2D eigenvalue weighted by Gasteiger charge is 2.38. The third-order valence-corrected chi connectivity index (χ3v) is 3.33. The second-order valence-electron chi connectivity index (χ2n) is 4.70. The largest absolute Gasteiger partial charge is 0.354 e. The van der Waals surface area contributed by atoms with Crippen molar-refractivity contribution >= 4 is 17.8 Å². The number of fused-ring (bicyclic) bond motifs is 1. The lowest BCUT2D eigenvalue weighted by molar-refractivity contribution is -0.167. The summed E-state index contributed by atoms with van der Waals surface area (Å²) >= 11 is 0. The van der Waals surface area contributed by atoms with Crippen molar-refractivity contribution in [3.63, 3.8) is 0 Å². The number of hydrogen-bond acceptors (Lipinski definition) is 4. The van der Waals surface area contributed by atoms with Crippen LogP contribution in [-0.4, -0.2) is 27.4 Å². The predicted octanol–water partition coefficient (Wildman–Crippen LogP) is 1.32. The Hall–Kier alpha value is -2.89. The van der Waals surface area contributed by atoms with Crippen LogP contribution in [0.2, 0.25) is 0 Å². The number of hydroxylamine groups is 2. The molecule has 21 heavy (non-hydrogen) atoms. The molecule has 1 aliphatic heterocycles. The van der Waals surface area contributed by atoms with E-state index in [1.807, 2.05) is 0 Å². The molecule has 0 radical (unpaired) electrons. The average Bonchev–Trinajstić information content (AvgIpc) is 2.97. The Morgan fingerprint density at radius 1 is 1.05 bits per heavy atom. The van der Waals surface area contributed by atoms with Gasteiger partial charge in [0.2, 0.25) is 0 Å². The Kier molecular flexibility index (Phi) is 3.06. The topological polar surface area (TPSA) is 68.6 Å². The molecule has 0 atom stereocenters. The van der Waals surface area contributed by atoms with Gasteiger partial charge in [-0.15, -0.1) is 0 Å². The van der Waals surface area contributed by atoms with Crippen molar-refractivity contribution in [1.82, 2.24) is 9.63 Å². The van der Waals surface area contributed by atoms with Gasteiger partial charge in [0.1, 0.15) is 0 Å². The molecule has 0 saturated carbocycles. The lowest BCUT2D eigenvalue weighted by Crippen LogP contribution is -2.33. The van der Waals surface area contributed by atoms with Gasteiger partial charge in [-0.2, -0.15) is 0 Å². The fraction of sp³-hybridized carbons (Fsp3) is 0.133. The molecule has 1 aliphatic rings. The minimum Gasteiger partial charge on any atom is -0.354 e. The number of rotatable bonds is 3. The van der Waals surface area contributed by atoms with E-state index in [1.165, 1.54) is 12.1 Å². The molecular formula is C15H12N2O4. The summed E-state index contributed by atoms with van der Waals surface area (Å²) in [7, 11) is 1.80. The van der Waals surface area contributed by atoms with E-state index in [4.69, 9.17) is 4.84 Å². The number of hydrogen-bond donors (Lipinski definition) is 0. The minimum absolute atomic E-state index is 0.0170. The third kappa shape index (κ3) is 2.20. The standard InChI is InChI=1S/C15H12N2O4/c1-16-8-4-5-10(16)9-13(18)21-17-14(19)11-6-2-3-7-12(11)15(17)20/h2-8H,9H2,1H3. The molecule has 3 rings (SSSR count). The molecule has 2 aromatic rings. The molecule has 2 heterocycles. The van der Waals surface area contributed by atoms with Gasteiger partial charge < -0.3 is 9.40 Å². The number of nitrogens with zero attached hydrogens (tertiary/aromatic N) is 2. The van der Waals surface area contributed by atoms with Gasteiger partial charge in [0.25, 0.3) is 11.8 Å². The normalized spacial score (nSPS) is 13.5. The molecule has 6 nitrogen and oxygen atoms in total. The fourth-order valence-electron chi connectivity index (χ4n) is 2.21. The third-order valence-electron chi connectivity index (χ3n) is 3.33. The van der Waals surface area contributed by atoms with Crippen molar-refractivity contribution in [2.24, 2.45) is 7.05 Å². The minimum atomic E-state index is -0.661. The van der Waals surface area contributed by atoms with E-state index in [1.54, 1.807) is 42.1 Å². The molecule has 0 bridgehead atoms. The van der Waals surface area contributed by atoms with E-state index >= 15 is 0 Å². The number of carbonyl (C=O) groups excluding carboxylic acids is 3. The summed E-state index contributed by atoms with van der Waals surface area (Å²) in [5.74, 6) is -1.89. The monoisotopic (exact) mass is 284 g/mol. The van der Waals surface area contributed by atoms with Gasteiger partial charge in [-0.1, -0.05) is 17.2 Å². The smallest absolute Gasteiger partial charge is 0.339 e. The fourth-order valence-corrected chi connectivity index (χ4v) is 2.21. The van der Waals surface area contributed by atoms with Crippen LogP contribution in [0.1, 0.15) is 26.4 Å². The van der Waals surface area contributed by atoms with Crippen molar-refractivity contribution in [1.29, 1.82) is 0 Å². The molecule has 0 N–H and O–H groups in total. The highest BCUT2D eigenvalue weighted by atomic mass is 16.7. The maximum absolute atomic E-state index is 12.0. The molecule has 6 heteroatoms. The first-order valence-electron chi connectivity index (χ1n) is 6.37. The number of imide groups is 1. The Morgan fingerprint density at radius 3 is 2.19 bits per heavy atom. The Morgan fingerprint density at radius 2 is 1.67 bits per heavy atom. The van der Waals surface area contributed by atoms with Crippen LogP contribution < -0.4 is 0 Å². The zero-order chi connectivity index (χ0) is 15.0. The van der Waals surface area contributed by atoms with E-state index < -0.39 is 17.8 Å². The van der Waals surface area contributed by atoms with Crippen molar-refractivity contribution < 1.29 is 19.2 Å². The average molecular weight is 284 g/mol. The van der Waals surface area contributed by atoms with E-state index in [0.29, 0.717) is 5.06 Å². The predicted molar refractivity (Wildman–Crippen MR) is 72.2 cm³/mol. The van der Waals surface area contributed by atoms with Gasteiger partial charge in [-0.05, 0) is 24.3 Å². The maximum atomic E-state index is 12.0. The van der Waals surface area contributed by atoms with Crippen molar-refractivity contribution in [3.05, 3.63) is 59.4 Å². The van der Waals surface area contributed by atoms with Crippen LogP contribution in [0.3, 0.4) is 0 Å². The summed E-state index contributed by atoms with van der Waals surface area (Å²) < 4.78 is 1.77. The number of aryl methyl sites for hydroxylation is 1. The number of aromatic nitrogens is 1. The maximum Gasteiger partial charge on any atom is 0.339 e. The highest BCUT2D eigenvalue weighted by Crippen LogP contribution is 2.22. The second-order valence-corrected chi connectivity index (χ2v) is 4.70. The zero-order valence-electron chi connectivity index (χ0n) is 11.3. The Labute approximate surface area is 120 Å². The van der Waals surface area contributed by atoms with Crippen LogP contribution in [0.4, 0.5) is 0 Å². The second kappa shape index (κ2) is 4.90. The molecule has 0 unspecified atom stereocenters. The molecule has 1 aromatic heterocycles. The Bertz CT molecular complexity index is 713. The summed E-state index contributed by atoms with van der Waals surface area (Å²) in [6, 6.07) is 9.92. The quantitative estimate of drug-likeness (QED) is 0.797. The Balaban J connectivity index is 1.75. The summed E-state index contributed by atoms with van der Waals surface area (Å²) in [5.41, 5.74) is 1.22. The number of carbonyl (C=O) groups is 3. The van der Waals surface area contributed by atoms with Gasteiger partial charge in [0.05, 0.1) is 17.5 Å². The van der Waals surface area contributed by atoms with Gasteiger partial charge in [-0.25, -0.2) is 4.79 Å². The van der Waals surface area contributed by atoms with E-state index in [0.717, 1.165) is 5.69 Å². The number of benzene rings is 1. The van der Waals surface area contributed by atoms with E-state index in [9.17, 15) is 14.4 Å². The van der Waals surface area contributed by atoms with Gasteiger partial charge in [-0.3, -0.25) is 9.59 Å². The summed E-state index contributed by atoms with van der Waals surface area (Å²) in [4.78, 5) is 40.9. The summed E-state index contributed by atoms with van der Waals surface area (Å²) in [5, 5.41) is 0.524. The van der Waals surface area contributed by atoms with Crippen LogP contribution >= 0.6 is 0 Å².